The van der Waals surface area contributed by atoms with E-state index >= 15 is 0 Å². The van der Waals surface area contributed by atoms with Crippen LogP contribution in [0.4, 0.5) is 0 Å². The SMILES string of the molecule is O=C1CN(CC2CCCC2)C(C(=O)O)CN1. The molecular formula is C11H18N2O3. The molecule has 90 valence electrons. The van der Waals surface area contributed by atoms with Gasteiger partial charge in [0.15, 0.2) is 0 Å². The summed E-state index contributed by atoms with van der Waals surface area (Å²) in [5.41, 5.74) is 0. The fraction of sp³-hybridized carbons (Fsp3) is 0.818. The third-order valence-corrected chi connectivity index (χ3v) is 3.53. The number of carbonyl (C=O) groups is 2. The maximum atomic E-state index is 11.3. The van der Waals surface area contributed by atoms with Crippen LogP contribution in [0.1, 0.15) is 25.7 Å². The third-order valence-electron chi connectivity index (χ3n) is 3.53. The van der Waals surface area contributed by atoms with Crippen molar-refractivity contribution in [1.82, 2.24) is 10.2 Å². The summed E-state index contributed by atoms with van der Waals surface area (Å²) in [7, 11) is 0. The van der Waals surface area contributed by atoms with E-state index in [0.29, 0.717) is 5.92 Å². The highest BCUT2D eigenvalue weighted by Crippen LogP contribution is 2.26. The Morgan fingerprint density at radius 1 is 1.44 bits per heavy atom. The Labute approximate surface area is 94.8 Å². The second-order valence-corrected chi connectivity index (χ2v) is 4.74. The van der Waals surface area contributed by atoms with Crippen molar-refractivity contribution in [3.05, 3.63) is 0 Å². The number of carboxylic acids is 1. The van der Waals surface area contributed by atoms with E-state index in [4.69, 9.17) is 5.11 Å². The predicted octanol–water partition coefficient (Wildman–Crippen LogP) is 0.0616. The Balaban J connectivity index is 1.96. The lowest BCUT2D eigenvalue weighted by Gasteiger charge is -2.34. The summed E-state index contributed by atoms with van der Waals surface area (Å²) in [5, 5.41) is 11.7. The molecule has 1 saturated carbocycles. The first-order valence-electron chi connectivity index (χ1n) is 5.90. The molecule has 0 aromatic rings. The highest BCUT2D eigenvalue weighted by molar-refractivity contribution is 5.83. The molecule has 1 amide bonds. The van der Waals surface area contributed by atoms with Crippen LogP contribution in [0.5, 0.6) is 0 Å². The van der Waals surface area contributed by atoms with Gasteiger partial charge in [0.25, 0.3) is 0 Å². The second kappa shape index (κ2) is 4.82. The number of rotatable bonds is 3. The van der Waals surface area contributed by atoms with E-state index in [1.54, 1.807) is 0 Å². The van der Waals surface area contributed by atoms with Crippen LogP contribution < -0.4 is 5.32 Å². The summed E-state index contributed by atoms with van der Waals surface area (Å²) in [6, 6.07) is -0.543. The lowest BCUT2D eigenvalue weighted by molar-refractivity contribution is -0.146. The smallest absolute Gasteiger partial charge is 0.322 e. The van der Waals surface area contributed by atoms with E-state index in [0.717, 1.165) is 6.54 Å². The first-order valence-corrected chi connectivity index (χ1v) is 5.90. The van der Waals surface area contributed by atoms with E-state index in [1.807, 2.05) is 4.90 Å². The monoisotopic (exact) mass is 226 g/mol. The summed E-state index contributed by atoms with van der Waals surface area (Å²) in [4.78, 5) is 24.1. The molecule has 1 aliphatic carbocycles. The van der Waals surface area contributed by atoms with Crippen molar-refractivity contribution in [3.8, 4) is 0 Å². The zero-order valence-electron chi connectivity index (χ0n) is 9.32. The van der Waals surface area contributed by atoms with Gasteiger partial charge in [-0.2, -0.15) is 0 Å². The van der Waals surface area contributed by atoms with E-state index in [-0.39, 0.29) is 19.0 Å². The number of hydrogen-bond acceptors (Lipinski definition) is 3. The number of amides is 1. The van der Waals surface area contributed by atoms with Crippen molar-refractivity contribution >= 4 is 11.9 Å². The molecule has 0 bridgehead atoms. The number of carbonyl (C=O) groups excluding carboxylic acids is 1. The summed E-state index contributed by atoms with van der Waals surface area (Å²) in [5.74, 6) is -0.318. The standard InChI is InChI=1S/C11H18N2O3/c14-10-7-13(6-8-3-1-2-4-8)9(5-12-10)11(15)16/h8-9H,1-7H2,(H,12,14)(H,15,16). The van der Waals surface area contributed by atoms with Crippen molar-refractivity contribution < 1.29 is 14.7 Å². The van der Waals surface area contributed by atoms with E-state index in [1.165, 1.54) is 25.7 Å². The minimum Gasteiger partial charge on any atom is -0.480 e. The molecule has 1 saturated heterocycles. The van der Waals surface area contributed by atoms with Gasteiger partial charge in [-0.3, -0.25) is 14.5 Å². The molecule has 0 spiro atoms. The summed E-state index contributed by atoms with van der Waals surface area (Å²) >= 11 is 0. The summed E-state index contributed by atoms with van der Waals surface area (Å²) in [6.45, 7) is 1.22. The molecule has 1 atom stereocenters. The summed E-state index contributed by atoms with van der Waals surface area (Å²) in [6.07, 6.45) is 4.82. The number of piperazine rings is 1. The molecule has 1 aliphatic heterocycles. The second-order valence-electron chi connectivity index (χ2n) is 4.74. The molecule has 2 rings (SSSR count). The molecule has 0 aromatic carbocycles. The van der Waals surface area contributed by atoms with Gasteiger partial charge in [-0.15, -0.1) is 0 Å². The Morgan fingerprint density at radius 3 is 2.75 bits per heavy atom. The average Bonchev–Trinajstić information content (AvgIpc) is 2.70. The number of hydrogen-bond donors (Lipinski definition) is 2. The molecule has 2 fully saturated rings. The van der Waals surface area contributed by atoms with Crippen LogP contribution in [-0.4, -0.2) is 47.6 Å². The Kier molecular flexibility index (Phi) is 3.43. The molecule has 16 heavy (non-hydrogen) atoms. The van der Waals surface area contributed by atoms with Gasteiger partial charge in [0.1, 0.15) is 6.04 Å². The van der Waals surface area contributed by atoms with Gasteiger partial charge in [-0.1, -0.05) is 12.8 Å². The van der Waals surface area contributed by atoms with Gasteiger partial charge in [0.05, 0.1) is 6.54 Å². The normalized spacial score (nSPS) is 28.0. The highest BCUT2D eigenvalue weighted by atomic mass is 16.4. The lowest BCUT2D eigenvalue weighted by atomic mass is 10.1. The van der Waals surface area contributed by atoms with Gasteiger partial charge >= 0.3 is 5.97 Å². The number of nitrogens with zero attached hydrogens (tertiary/aromatic N) is 1. The highest BCUT2D eigenvalue weighted by Gasteiger charge is 2.33. The van der Waals surface area contributed by atoms with Crippen molar-refractivity contribution in [3.63, 3.8) is 0 Å². The molecule has 5 heteroatoms. The van der Waals surface area contributed by atoms with Crippen LogP contribution in [0.25, 0.3) is 0 Å². The minimum absolute atomic E-state index is 0.0597. The molecule has 2 N–H and O–H groups in total. The van der Waals surface area contributed by atoms with Crippen molar-refractivity contribution in [2.75, 3.05) is 19.6 Å². The number of carboxylic acid groups (broad SMARTS) is 1. The number of aliphatic carboxylic acids is 1. The van der Waals surface area contributed by atoms with Gasteiger partial charge in [-0.25, -0.2) is 0 Å². The van der Waals surface area contributed by atoms with Crippen LogP contribution in [0.2, 0.25) is 0 Å². The Morgan fingerprint density at radius 2 is 2.12 bits per heavy atom. The molecule has 5 nitrogen and oxygen atoms in total. The van der Waals surface area contributed by atoms with Crippen molar-refractivity contribution in [1.29, 1.82) is 0 Å². The van der Waals surface area contributed by atoms with Crippen LogP contribution in [0, 0.1) is 5.92 Å². The molecule has 0 radical (unpaired) electrons. The van der Waals surface area contributed by atoms with Crippen LogP contribution >= 0.6 is 0 Å². The topological polar surface area (TPSA) is 69.6 Å². The van der Waals surface area contributed by atoms with E-state index in [2.05, 4.69) is 5.32 Å². The predicted molar refractivity (Wildman–Crippen MR) is 58.0 cm³/mol. The average molecular weight is 226 g/mol. The van der Waals surface area contributed by atoms with Crippen molar-refractivity contribution in [2.24, 2.45) is 5.92 Å². The number of nitrogens with one attached hydrogen (secondary N) is 1. The third kappa shape index (κ3) is 2.52. The van der Waals surface area contributed by atoms with Crippen molar-refractivity contribution in [2.45, 2.75) is 31.7 Å². The summed E-state index contributed by atoms with van der Waals surface area (Å²) < 4.78 is 0. The van der Waals surface area contributed by atoms with Gasteiger partial charge in [-0.05, 0) is 18.8 Å². The molecule has 1 heterocycles. The van der Waals surface area contributed by atoms with E-state index in [9.17, 15) is 9.59 Å². The van der Waals surface area contributed by atoms with E-state index < -0.39 is 12.0 Å². The van der Waals surface area contributed by atoms with Gasteiger partial charge in [0.2, 0.25) is 5.91 Å². The lowest BCUT2D eigenvalue weighted by Crippen LogP contribution is -2.58. The largest absolute Gasteiger partial charge is 0.480 e. The minimum atomic E-state index is -0.835. The van der Waals surface area contributed by atoms with Gasteiger partial charge in [0, 0.05) is 13.1 Å². The first kappa shape index (κ1) is 11.4. The molecule has 0 aromatic heterocycles. The fourth-order valence-electron chi connectivity index (χ4n) is 2.65. The maximum Gasteiger partial charge on any atom is 0.322 e. The van der Waals surface area contributed by atoms with Crippen LogP contribution in [-0.2, 0) is 9.59 Å². The van der Waals surface area contributed by atoms with Crippen LogP contribution in [0.15, 0.2) is 0 Å². The quantitative estimate of drug-likeness (QED) is 0.714. The zero-order chi connectivity index (χ0) is 11.5. The Hall–Kier alpha value is -1.10. The zero-order valence-corrected chi connectivity index (χ0v) is 9.32. The first-order chi connectivity index (χ1) is 7.66. The van der Waals surface area contributed by atoms with Crippen LogP contribution in [0.3, 0.4) is 0 Å². The molecule has 1 unspecified atom stereocenters. The molecular weight excluding hydrogens is 208 g/mol. The molecule has 2 aliphatic rings. The van der Waals surface area contributed by atoms with Gasteiger partial charge < -0.3 is 10.4 Å². The fourth-order valence-corrected chi connectivity index (χ4v) is 2.65. The Bertz CT molecular complexity index is 287. The maximum absolute atomic E-state index is 11.3.